The van der Waals surface area contributed by atoms with Gasteiger partial charge in [-0.25, -0.2) is 0 Å². The molecule has 4 rings (SSSR count). The zero-order chi connectivity index (χ0) is 14.2. The van der Waals surface area contributed by atoms with Gasteiger partial charge in [-0.2, -0.15) is 0 Å². The van der Waals surface area contributed by atoms with E-state index < -0.39 is 0 Å². The van der Waals surface area contributed by atoms with E-state index in [4.69, 9.17) is 0 Å². The summed E-state index contributed by atoms with van der Waals surface area (Å²) in [5.41, 5.74) is 4.22. The fourth-order valence-electron chi connectivity index (χ4n) is 3.14. The summed E-state index contributed by atoms with van der Waals surface area (Å²) in [7, 11) is 0. The van der Waals surface area contributed by atoms with Crippen molar-refractivity contribution in [3.8, 4) is 0 Å². The maximum Gasteiger partial charge on any atom is 0.0349 e. The molecule has 1 N–H and O–H groups in total. The molecule has 21 heavy (non-hydrogen) atoms. The zero-order valence-corrected chi connectivity index (χ0v) is 14.0. The smallest absolute Gasteiger partial charge is 0.0349 e. The molecule has 1 aliphatic carbocycles. The van der Waals surface area contributed by atoms with Crippen molar-refractivity contribution in [1.29, 1.82) is 0 Å². The molecule has 3 aromatic rings. The maximum atomic E-state index is 3.71. The van der Waals surface area contributed by atoms with E-state index >= 15 is 0 Å². The minimum atomic E-state index is 0.537. The Labute approximate surface area is 137 Å². The van der Waals surface area contributed by atoms with Crippen molar-refractivity contribution in [2.75, 3.05) is 5.32 Å². The second-order valence-electron chi connectivity index (χ2n) is 5.67. The highest BCUT2D eigenvalue weighted by atomic mass is 79.9. The normalized spacial score (nSPS) is 17.7. The highest BCUT2D eigenvalue weighted by Crippen LogP contribution is 2.28. The van der Waals surface area contributed by atoms with Crippen LogP contribution in [0.4, 0.5) is 5.69 Å². The van der Waals surface area contributed by atoms with Crippen LogP contribution in [0.5, 0.6) is 0 Å². The molecule has 1 unspecified atom stereocenters. The van der Waals surface area contributed by atoms with Crippen LogP contribution in [-0.4, -0.2) is 6.04 Å². The first-order valence-electron chi connectivity index (χ1n) is 7.29. The van der Waals surface area contributed by atoms with Crippen molar-refractivity contribution < 1.29 is 0 Å². The molecule has 0 radical (unpaired) electrons. The predicted octanol–water partition coefficient (Wildman–Crippen LogP) is 5.63. The van der Waals surface area contributed by atoms with Crippen molar-refractivity contribution in [3.05, 3.63) is 63.4 Å². The highest BCUT2D eigenvalue weighted by Gasteiger charge is 2.18. The highest BCUT2D eigenvalue weighted by molar-refractivity contribution is 9.10. The fourth-order valence-corrected chi connectivity index (χ4v) is 4.32. The Hall–Kier alpha value is -1.32. The van der Waals surface area contributed by atoms with Crippen LogP contribution in [0, 0.1) is 0 Å². The number of halogens is 1. The second-order valence-corrected chi connectivity index (χ2v) is 7.53. The molecule has 0 bridgehead atoms. The van der Waals surface area contributed by atoms with Crippen LogP contribution in [0.1, 0.15) is 17.5 Å². The molecule has 0 aliphatic heterocycles. The Morgan fingerprint density at radius 3 is 2.95 bits per heavy atom. The van der Waals surface area contributed by atoms with E-state index in [-0.39, 0.29) is 0 Å². The molecule has 1 aromatic heterocycles. The lowest BCUT2D eigenvalue weighted by molar-refractivity contribution is 0.611. The lowest BCUT2D eigenvalue weighted by Crippen LogP contribution is -2.27. The average Bonchev–Trinajstić information content (AvgIpc) is 2.95. The summed E-state index contributed by atoms with van der Waals surface area (Å²) in [5, 5.41) is 7.21. The van der Waals surface area contributed by atoms with Crippen LogP contribution in [0.25, 0.3) is 10.1 Å². The van der Waals surface area contributed by atoms with E-state index in [2.05, 4.69) is 69.1 Å². The number of thiophene rings is 1. The number of rotatable bonds is 2. The standard InChI is InChI=1S/C18H16BrNS/c19-15-3-1-13-10-16(4-2-12(13)9-15)20-17-5-6-18-14(11-17)7-8-21-18/h1,3,5-9,11,16,20H,2,4,10H2. The number of fused-ring (bicyclic) bond motifs is 2. The molecule has 3 heteroatoms. The number of hydrogen-bond donors (Lipinski definition) is 1. The summed E-state index contributed by atoms with van der Waals surface area (Å²) in [6.07, 6.45) is 3.47. The molecule has 1 aliphatic rings. The van der Waals surface area contributed by atoms with Gasteiger partial charge in [0.25, 0.3) is 0 Å². The van der Waals surface area contributed by atoms with Gasteiger partial charge in [-0.3, -0.25) is 0 Å². The van der Waals surface area contributed by atoms with Crippen LogP contribution in [-0.2, 0) is 12.8 Å². The van der Waals surface area contributed by atoms with Crippen LogP contribution in [0.3, 0.4) is 0 Å². The van der Waals surface area contributed by atoms with Crippen molar-refractivity contribution in [1.82, 2.24) is 0 Å². The van der Waals surface area contributed by atoms with Crippen LogP contribution >= 0.6 is 27.3 Å². The first kappa shape index (κ1) is 13.4. The molecule has 0 spiro atoms. The SMILES string of the molecule is Brc1ccc2c(c1)CCC(Nc1ccc3sccc3c1)C2. The Balaban J connectivity index is 1.54. The molecule has 0 saturated carbocycles. The molecular formula is C18H16BrNS. The summed E-state index contributed by atoms with van der Waals surface area (Å²) >= 11 is 5.37. The average molecular weight is 358 g/mol. The van der Waals surface area contributed by atoms with E-state index in [1.807, 2.05) is 0 Å². The Kier molecular flexibility index (Phi) is 3.48. The minimum absolute atomic E-state index is 0.537. The van der Waals surface area contributed by atoms with Crippen LogP contribution in [0.15, 0.2) is 52.3 Å². The van der Waals surface area contributed by atoms with E-state index in [9.17, 15) is 0 Å². The first-order valence-corrected chi connectivity index (χ1v) is 8.96. The van der Waals surface area contributed by atoms with Crippen molar-refractivity contribution in [2.45, 2.75) is 25.3 Å². The molecule has 2 aromatic carbocycles. The number of hydrogen-bond acceptors (Lipinski definition) is 2. The summed E-state index contributed by atoms with van der Waals surface area (Å²) in [6.45, 7) is 0. The van der Waals surface area contributed by atoms with E-state index in [1.54, 1.807) is 11.3 Å². The molecule has 106 valence electrons. The van der Waals surface area contributed by atoms with Gasteiger partial charge in [0.1, 0.15) is 0 Å². The summed E-state index contributed by atoms with van der Waals surface area (Å²) in [5.74, 6) is 0. The monoisotopic (exact) mass is 357 g/mol. The third-order valence-corrected chi connectivity index (χ3v) is 5.61. The number of aryl methyl sites for hydroxylation is 1. The summed E-state index contributed by atoms with van der Waals surface area (Å²) in [4.78, 5) is 0. The van der Waals surface area contributed by atoms with Crippen LogP contribution in [0.2, 0.25) is 0 Å². The Bertz CT molecular complexity index is 793. The number of nitrogens with one attached hydrogen (secondary N) is 1. The molecule has 0 amide bonds. The van der Waals surface area contributed by atoms with Crippen molar-refractivity contribution >= 4 is 43.0 Å². The molecule has 1 atom stereocenters. The van der Waals surface area contributed by atoms with Gasteiger partial charge >= 0.3 is 0 Å². The van der Waals surface area contributed by atoms with Gasteiger partial charge in [0.15, 0.2) is 0 Å². The maximum absolute atomic E-state index is 3.71. The van der Waals surface area contributed by atoms with Gasteiger partial charge in [0.05, 0.1) is 0 Å². The topological polar surface area (TPSA) is 12.0 Å². The van der Waals surface area contributed by atoms with Gasteiger partial charge in [-0.15, -0.1) is 11.3 Å². The Morgan fingerprint density at radius 2 is 2.00 bits per heavy atom. The van der Waals surface area contributed by atoms with E-state index in [1.165, 1.54) is 37.8 Å². The van der Waals surface area contributed by atoms with Crippen molar-refractivity contribution in [3.63, 3.8) is 0 Å². The molecule has 1 nitrogen and oxygen atoms in total. The Morgan fingerprint density at radius 1 is 1.05 bits per heavy atom. The summed E-state index contributed by atoms with van der Waals surface area (Å²) in [6, 6.07) is 16.1. The predicted molar refractivity (Wildman–Crippen MR) is 95.4 cm³/mol. The second kappa shape index (κ2) is 5.47. The zero-order valence-electron chi connectivity index (χ0n) is 11.6. The third-order valence-electron chi connectivity index (χ3n) is 4.22. The van der Waals surface area contributed by atoms with Crippen molar-refractivity contribution in [2.24, 2.45) is 0 Å². The molecular weight excluding hydrogens is 342 g/mol. The summed E-state index contributed by atoms with van der Waals surface area (Å²) < 4.78 is 2.55. The van der Waals surface area contributed by atoms with Gasteiger partial charge in [0, 0.05) is 20.9 Å². The fraction of sp³-hybridized carbons (Fsp3) is 0.222. The largest absolute Gasteiger partial charge is 0.382 e. The quantitative estimate of drug-likeness (QED) is 0.626. The lowest BCUT2D eigenvalue weighted by Gasteiger charge is -2.26. The van der Waals surface area contributed by atoms with Gasteiger partial charge in [0.2, 0.25) is 0 Å². The van der Waals surface area contributed by atoms with E-state index in [0.29, 0.717) is 6.04 Å². The van der Waals surface area contributed by atoms with Gasteiger partial charge < -0.3 is 5.32 Å². The van der Waals surface area contributed by atoms with Gasteiger partial charge in [-0.1, -0.05) is 22.0 Å². The molecule has 0 fully saturated rings. The third kappa shape index (κ3) is 2.72. The number of benzene rings is 2. The molecule has 0 saturated heterocycles. The van der Waals surface area contributed by atoms with Crippen LogP contribution < -0.4 is 5.32 Å². The lowest BCUT2D eigenvalue weighted by atomic mass is 9.88. The van der Waals surface area contributed by atoms with E-state index in [0.717, 1.165) is 12.8 Å². The number of anilines is 1. The molecule has 1 heterocycles. The minimum Gasteiger partial charge on any atom is -0.382 e. The first-order chi connectivity index (χ1) is 10.3. The van der Waals surface area contributed by atoms with Gasteiger partial charge in [-0.05, 0) is 77.6 Å².